The Balaban J connectivity index is 1.66. The van der Waals surface area contributed by atoms with Gasteiger partial charge in [-0.1, -0.05) is 46.0 Å². The molecule has 0 aromatic carbocycles. The maximum absolute atomic E-state index is 10.5. The molecule has 2 aliphatic rings. The van der Waals surface area contributed by atoms with Gasteiger partial charge >= 0.3 is 5.97 Å². The molecule has 2 nitrogen and oxygen atoms in total. The molecule has 0 aromatic heterocycles. The van der Waals surface area contributed by atoms with Crippen molar-refractivity contribution in [1.82, 2.24) is 0 Å². The highest BCUT2D eigenvalue weighted by Gasteiger charge is 2.38. The summed E-state index contributed by atoms with van der Waals surface area (Å²) in [4.78, 5) is 10.5. The van der Waals surface area contributed by atoms with Gasteiger partial charge in [0.1, 0.15) is 0 Å². The van der Waals surface area contributed by atoms with Crippen LogP contribution in [0.2, 0.25) is 0 Å². The second-order valence-electron chi connectivity index (χ2n) is 7.51. The van der Waals surface area contributed by atoms with E-state index in [-0.39, 0.29) is 0 Å². The van der Waals surface area contributed by atoms with E-state index in [1.165, 1.54) is 44.9 Å². The van der Waals surface area contributed by atoms with Gasteiger partial charge in [0, 0.05) is 6.42 Å². The third-order valence-corrected chi connectivity index (χ3v) is 6.22. The first-order chi connectivity index (χ1) is 9.58. The molecule has 2 rings (SSSR count). The van der Waals surface area contributed by atoms with E-state index in [2.05, 4.69) is 13.8 Å². The van der Waals surface area contributed by atoms with Crippen LogP contribution in [0, 0.1) is 29.6 Å². The van der Waals surface area contributed by atoms with Crippen molar-refractivity contribution < 1.29 is 9.90 Å². The van der Waals surface area contributed by atoms with Crippen molar-refractivity contribution in [3.63, 3.8) is 0 Å². The zero-order chi connectivity index (χ0) is 14.5. The van der Waals surface area contributed by atoms with E-state index in [1.54, 1.807) is 0 Å². The van der Waals surface area contributed by atoms with Gasteiger partial charge in [0.25, 0.3) is 0 Å². The Hall–Kier alpha value is -0.530. The molecule has 0 amide bonds. The number of hydrogen-bond acceptors (Lipinski definition) is 1. The fraction of sp³-hybridized carbons (Fsp3) is 0.944. The third kappa shape index (κ3) is 4.23. The van der Waals surface area contributed by atoms with Gasteiger partial charge < -0.3 is 5.11 Å². The number of aliphatic carboxylic acids is 1. The van der Waals surface area contributed by atoms with Crippen LogP contribution in [0.3, 0.4) is 0 Å². The molecule has 0 spiro atoms. The smallest absolute Gasteiger partial charge is 0.303 e. The topological polar surface area (TPSA) is 37.3 Å². The molecule has 0 radical (unpaired) electrons. The van der Waals surface area contributed by atoms with Crippen LogP contribution in [0.15, 0.2) is 0 Å². The fourth-order valence-corrected chi connectivity index (χ4v) is 4.72. The average molecular weight is 280 g/mol. The molecule has 1 N–H and O–H groups in total. The van der Waals surface area contributed by atoms with Gasteiger partial charge in [0.15, 0.2) is 0 Å². The molecule has 116 valence electrons. The summed E-state index contributed by atoms with van der Waals surface area (Å²) in [7, 11) is 0. The molecule has 2 saturated carbocycles. The van der Waals surface area contributed by atoms with E-state index in [1.807, 2.05) is 0 Å². The zero-order valence-electron chi connectivity index (χ0n) is 13.3. The van der Waals surface area contributed by atoms with E-state index < -0.39 is 5.97 Å². The number of carboxylic acid groups (broad SMARTS) is 1. The molecule has 2 heteroatoms. The van der Waals surface area contributed by atoms with Gasteiger partial charge in [-0.15, -0.1) is 0 Å². The number of carbonyl (C=O) groups is 1. The molecule has 0 heterocycles. The first kappa shape index (κ1) is 15.9. The molecule has 5 atom stereocenters. The van der Waals surface area contributed by atoms with Crippen LogP contribution >= 0.6 is 0 Å². The quantitative estimate of drug-likeness (QED) is 0.686. The molecule has 0 aromatic rings. The van der Waals surface area contributed by atoms with Crippen molar-refractivity contribution in [2.75, 3.05) is 0 Å². The summed E-state index contributed by atoms with van der Waals surface area (Å²) in [6, 6.07) is 0. The van der Waals surface area contributed by atoms with Gasteiger partial charge in [-0.25, -0.2) is 0 Å². The zero-order valence-corrected chi connectivity index (χ0v) is 13.3. The van der Waals surface area contributed by atoms with Crippen LogP contribution in [0.4, 0.5) is 0 Å². The standard InChI is InChI=1S/C18H32O2/c1-13-8-10-16-12-15(9-11-17(16)14(13)2)6-4-3-5-7-18(19)20/h13-17H,3-12H2,1-2H3,(H,19,20). The molecule has 5 unspecified atom stereocenters. The van der Waals surface area contributed by atoms with Crippen LogP contribution in [0.5, 0.6) is 0 Å². The fourth-order valence-electron chi connectivity index (χ4n) is 4.72. The van der Waals surface area contributed by atoms with Crippen LogP contribution in [-0.2, 0) is 4.79 Å². The highest BCUT2D eigenvalue weighted by Crippen LogP contribution is 2.48. The summed E-state index contributed by atoms with van der Waals surface area (Å²) in [6.07, 6.45) is 12.1. The predicted molar refractivity (Wildman–Crippen MR) is 82.6 cm³/mol. The third-order valence-electron chi connectivity index (χ3n) is 6.22. The van der Waals surface area contributed by atoms with Gasteiger partial charge in [0.05, 0.1) is 0 Å². The van der Waals surface area contributed by atoms with Crippen LogP contribution in [0.1, 0.15) is 78.1 Å². The summed E-state index contributed by atoms with van der Waals surface area (Å²) in [5, 5.41) is 8.64. The van der Waals surface area contributed by atoms with Crippen LogP contribution in [0.25, 0.3) is 0 Å². The van der Waals surface area contributed by atoms with Gasteiger partial charge in [0.2, 0.25) is 0 Å². The summed E-state index contributed by atoms with van der Waals surface area (Å²) in [5.41, 5.74) is 0. The molecular formula is C18H32O2. The Labute approximate surface area is 124 Å². The Bertz CT molecular complexity index is 313. The second-order valence-corrected chi connectivity index (χ2v) is 7.51. The number of rotatable bonds is 6. The molecule has 2 aliphatic carbocycles. The van der Waals surface area contributed by atoms with E-state index >= 15 is 0 Å². The van der Waals surface area contributed by atoms with Crippen LogP contribution < -0.4 is 0 Å². The molecule has 2 fully saturated rings. The van der Waals surface area contributed by atoms with E-state index in [4.69, 9.17) is 5.11 Å². The number of fused-ring (bicyclic) bond motifs is 1. The summed E-state index contributed by atoms with van der Waals surface area (Å²) in [6.45, 7) is 4.92. The lowest BCUT2D eigenvalue weighted by molar-refractivity contribution is -0.137. The number of hydrogen-bond donors (Lipinski definition) is 1. The Morgan fingerprint density at radius 2 is 1.85 bits per heavy atom. The molecule has 0 aliphatic heterocycles. The minimum Gasteiger partial charge on any atom is -0.481 e. The van der Waals surface area contributed by atoms with Crippen molar-refractivity contribution in [3.05, 3.63) is 0 Å². The monoisotopic (exact) mass is 280 g/mol. The number of unbranched alkanes of at least 4 members (excludes halogenated alkanes) is 2. The summed E-state index contributed by atoms with van der Waals surface area (Å²) in [5.74, 6) is 4.16. The summed E-state index contributed by atoms with van der Waals surface area (Å²) >= 11 is 0. The van der Waals surface area contributed by atoms with Crippen molar-refractivity contribution in [2.24, 2.45) is 29.6 Å². The maximum atomic E-state index is 10.5. The largest absolute Gasteiger partial charge is 0.481 e. The van der Waals surface area contributed by atoms with E-state index in [9.17, 15) is 4.79 Å². The second kappa shape index (κ2) is 7.47. The molecular weight excluding hydrogens is 248 g/mol. The average Bonchev–Trinajstić information content (AvgIpc) is 2.42. The lowest BCUT2D eigenvalue weighted by atomic mass is 9.60. The molecule has 0 bridgehead atoms. The van der Waals surface area contributed by atoms with E-state index in [0.29, 0.717) is 6.42 Å². The maximum Gasteiger partial charge on any atom is 0.303 e. The minimum atomic E-state index is -0.643. The Morgan fingerprint density at radius 3 is 2.60 bits per heavy atom. The van der Waals surface area contributed by atoms with Crippen molar-refractivity contribution in [3.8, 4) is 0 Å². The van der Waals surface area contributed by atoms with Crippen molar-refractivity contribution in [1.29, 1.82) is 0 Å². The minimum absolute atomic E-state index is 0.352. The molecule has 20 heavy (non-hydrogen) atoms. The highest BCUT2D eigenvalue weighted by atomic mass is 16.4. The Morgan fingerprint density at radius 1 is 1.05 bits per heavy atom. The lowest BCUT2D eigenvalue weighted by Crippen LogP contribution is -2.36. The number of carboxylic acids is 1. The first-order valence-corrected chi connectivity index (χ1v) is 8.79. The van der Waals surface area contributed by atoms with Gasteiger partial charge in [-0.05, 0) is 55.3 Å². The van der Waals surface area contributed by atoms with E-state index in [0.717, 1.165) is 42.4 Å². The predicted octanol–water partition coefficient (Wildman–Crippen LogP) is 5.12. The normalized spacial score (nSPS) is 37.4. The SMILES string of the molecule is CC1CCC2CC(CCCCCC(=O)O)CCC2C1C. The lowest BCUT2D eigenvalue weighted by Gasteiger charge is -2.45. The van der Waals surface area contributed by atoms with Gasteiger partial charge in [-0.3, -0.25) is 4.79 Å². The molecule has 0 saturated heterocycles. The first-order valence-electron chi connectivity index (χ1n) is 8.79. The van der Waals surface area contributed by atoms with Crippen LogP contribution in [-0.4, -0.2) is 11.1 Å². The van der Waals surface area contributed by atoms with Crippen molar-refractivity contribution in [2.45, 2.75) is 78.1 Å². The van der Waals surface area contributed by atoms with Crippen molar-refractivity contribution >= 4 is 5.97 Å². The van der Waals surface area contributed by atoms with Gasteiger partial charge in [-0.2, -0.15) is 0 Å². The Kier molecular flexibility index (Phi) is 5.92. The summed E-state index contributed by atoms with van der Waals surface area (Å²) < 4.78 is 0. The highest BCUT2D eigenvalue weighted by molar-refractivity contribution is 5.66.